The molecule has 7 aromatic carbocycles. The summed E-state index contributed by atoms with van der Waals surface area (Å²) in [5, 5.41) is 9.02. The molecule has 0 saturated carbocycles. The first-order chi connectivity index (χ1) is 24.6. The summed E-state index contributed by atoms with van der Waals surface area (Å²) in [6.45, 7) is 2.13. The van der Waals surface area contributed by atoms with Crippen LogP contribution in [0.3, 0.4) is 0 Å². The first-order valence-corrected chi connectivity index (χ1v) is 17.7. The van der Waals surface area contributed by atoms with Crippen molar-refractivity contribution in [2.75, 3.05) is 0 Å². The highest BCUT2D eigenvalue weighted by molar-refractivity contribution is 7.26. The highest BCUT2D eigenvalue weighted by atomic mass is 32.1. The predicted molar refractivity (Wildman–Crippen MR) is 213 cm³/mol. The average Bonchev–Trinajstić information content (AvgIpc) is 3.56. The molecule has 0 spiro atoms. The first kappa shape index (κ1) is 28.8. The number of fused-ring (bicyclic) bond motifs is 11. The molecule has 0 amide bonds. The van der Waals surface area contributed by atoms with Gasteiger partial charge in [-0.05, 0) is 87.1 Å². The third kappa shape index (κ3) is 4.84. The van der Waals surface area contributed by atoms with Gasteiger partial charge in [-0.15, -0.1) is 11.3 Å². The van der Waals surface area contributed by atoms with Crippen LogP contribution in [0.25, 0.3) is 97.4 Å². The monoisotopic (exact) mass is 655 g/mol. The molecule has 0 saturated heterocycles. The molecule has 4 heteroatoms. The fourth-order valence-corrected chi connectivity index (χ4v) is 8.30. The zero-order valence-electron chi connectivity index (χ0n) is 27.3. The van der Waals surface area contributed by atoms with Crippen LogP contribution in [0.15, 0.2) is 158 Å². The number of nitrogens with zero attached hydrogens (tertiary/aromatic N) is 3. The van der Waals surface area contributed by atoms with Gasteiger partial charge in [0.1, 0.15) is 0 Å². The molecule has 3 nitrogen and oxygen atoms in total. The van der Waals surface area contributed by atoms with E-state index in [1.807, 2.05) is 17.4 Å². The molecule has 8 bridgehead atoms. The van der Waals surface area contributed by atoms with Crippen LogP contribution in [-0.4, -0.2) is 15.0 Å². The van der Waals surface area contributed by atoms with Gasteiger partial charge in [0.15, 0.2) is 17.1 Å². The van der Waals surface area contributed by atoms with Crippen LogP contribution in [0.1, 0.15) is 5.56 Å². The van der Waals surface area contributed by atoms with Crippen molar-refractivity contribution in [1.29, 1.82) is 0 Å². The molecule has 0 radical (unpaired) electrons. The van der Waals surface area contributed by atoms with Crippen molar-refractivity contribution in [1.82, 2.24) is 15.0 Å². The third-order valence-electron chi connectivity index (χ3n) is 9.75. The standard InChI is InChI=1S/C46H29N3S/c1-28-16-18-30(19-17-28)37-22-20-32-26-39(37)34-11-6-13-36(25-34)45-47-44(35-12-5-10-31(24-35)29-8-3-2-4-9-29)48-46(49-45)38-14-7-15-42-43(38)40-27-33(32)21-23-41(40)50-42/h2-27H,1H3. The van der Waals surface area contributed by atoms with E-state index in [2.05, 4.69) is 159 Å². The Hall–Kier alpha value is -6.23. The molecule has 50 heavy (non-hydrogen) atoms. The van der Waals surface area contributed by atoms with Gasteiger partial charge in [-0.25, -0.2) is 15.0 Å². The first-order valence-electron chi connectivity index (χ1n) is 16.8. The van der Waals surface area contributed by atoms with Gasteiger partial charge in [-0.2, -0.15) is 0 Å². The lowest BCUT2D eigenvalue weighted by atomic mass is 9.96. The fraction of sp³-hybridized carbons (Fsp3) is 0.0217. The van der Waals surface area contributed by atoms with Crippen molar-refractivity contribution in [2.24, 2.45) is 0 Å². The van der Waals surface area contributed by atoms with Gasteiger partial charge in [0.25, 0.3) is 0 Å². The summed E-state index contributed by atoms with van der Waals surface area (Å²) in [6.07, 6.45) is 0. The molecule has 234 valence electrons. The predicted octanol–water partition coefficient (Wildman–Crippen LogP) is 12.7. The Bertz CT molecular complexity index is 2980. The average molecular weight is 656 g/mol. The number of aryl methyl sites for hydroxylation is 1. The molecule has 3 heterocycles. The molecule has 0 aliphatic carbocycles. The quantitative estimate of drug-likeness (QED) is 0.190. The molecule has 10 aromatic rings. The topological polar surface area (TPSA) is 38.7 Å². The van der Waals surface area contributed by atoms with Crippen molar-refractivity contribution < 1.29 is 0 Å². The summed E-state index contributed by atoms with van der Waals surface area (Å²) in [7, 11) is 0. The van der Waals surface area contributed by atoms with Gasteiger partial charge >= 0.3 is 0 Å². The Kier molecular flexibility index (Phi) is 6.58. The highest BCUT2D eigenvalue weighted by Crippen LogP contribution is 2.39. The smallest absolute Gasteiger partial charge is 0.164 e. The maximum Gasteiger partial charge on any atom is 0.164 e. The van der Waals surface area contributed by atoms with Crippen molar-refractivity contribution in [3.8, 4) is 33.6 Å². The number of thiophene rings is 1. The lowest BCUT2D eigenvalue weighted by Crippen LogP contribution is -1.95. The van der Waals surface area contributed by atoms with E-state index in [4.69, 9.17) is 15.0 Å². The zero-order valence-corrected chi connectivity index (χ0v) is 28.1. The van der Waals surface area contributed by atoms with Crippen LogP contribution in [0.4, 0.5) is 0 Å². The largest absolute Gasteiger partial charge is 0.208 e. The van der Waals surface area contributed by atoms with E-state index in [-0.39, 0.29) is 0 Å². The Morgan fingerprint density at radius 2 is 1.12 bits per heavy atom. The van der Waals surface area contributed by atoms with E-state index in [0.717, 1.165) is 32.8 Å². The normalized spacial score (nSPS) is 11.7. The Balaban J connectivity index is 1.37. The summed E-state index contributed by atoms with van der Waals surface area (Å²) < 4.78 is 2.46. The van der Waals surface area contributed by atoms with Gasteiger partial charge < -0.3 is 0 Å². The minimum Gasteiger partial charge on any atom is -0.208 e. The van der Waals surface area contributed by atoms with Crippen LogP contribution < -0.4 is 0 Å². The Morgan fingerprint density at radius 3 is 2.00 bits per heavy atom. The zero-order chi connectivity index (χ0) is 33.2. The summed E-state index contributed by atoms with van der Waals surface area (Å²) in [5.41, 5.74) is 8.18. The third-order valence-corrected chi connectivity index (χ3v) is 10.9. The Labute approximate surface area is 292 Å². The summed E-state index contributed by atoms with van der Waals surface area (Å²) in [5.74, 6) is 0.653. The molecule has 3 aromatic heterocycles. The molecule has 0 aliphatic rings. The summed E-state index contributed by atoms with van der Waals surface area (Å²) in [4.78, 5) is 15.6. The lowest BCUT2D eigenvalue weighted by Gasteiger charge is -2.09. The molecule has 0 atom stereocenters. The Morgan fingerprint density at radius 1 is 0.400 bits per heavy atom. The van der Waals surface area contributed by atoms with Gasteiger partial charge in [0.2, 0.25) is 0 Å². The number of hydrogen-bond donors (Lipinski definition) is 0. The summed E-state index contributed by atoms with van der Waals surface area (Å²) in [6, 6.07) is 56.6. The molecule has 0 N–H and O–H groups in total. The van der Waals surface area contributed by atoms with E-state index in [1.165, 1.54) is 53.0 Å². The van der Waals surface area contributed by atoms with Crippen LogP contribution in [0.2, 0.25) is 0 Å². The van der Waals surface area contributed by atoms with Crippen LogP contribution in [0, 0.1) is 6.92 Å². The molecular weight excluding hydrogens is 627 g/mol. The maximum absolute atomic E-state index is 5.24. The number of benzene rings is 7. The molecule has 0 aliphatic heterocycles. The van der Waals surface area contributed by atoms with Gasteiger partial charge in [-0.3, -0.25) is 0 Å². The van der Waals surface area contributed by atoms with Gasteiger partial charge in [0, 0.05) is 36.5 Å². The SMILES string of the molecule is Cc1ccc(-c2ccc3cc2c2cccc(c2)c2nc(-c4cccc(-c5ccccc5)c4)nc(n2)c2cccc4sc5ccc3cc5c42)cc1. The lowest BCUT2D eigenvalue weighted by molar-refractivity contribution is 1.18. The second-order valence-corrected chi connectivity index (χ2v) is 14.0. The second kappa shape index (κ2) is 11.4. The van der Waals surface area contributed by atoms with Crippen molar-refractivity contribution in [3.63, 3.8) is 0 Å². The van der Waals surface area contributed by atoms with E-state index < -0.39 is 0 Å². The van der Waals surface area contributed by atoms with Crippen LogP contribution in [0.5, 0.6) is 0 Å². The molecule has 0 unspecified atom stereocenters. The van der Waals surface area contributed by atoms with Gasteiger partial charge in [-0.1, -0.05) is 127 Å². The van der Waals surface area contributed by atoms with Crippen molar-refractivity contribution in [2.45, 2.75) is 6.92 Å². The van der Waals surface area contributed by atoms with E-state index >= 15 is 0 Å². The number of aromatic nitrogens is 3. The molecular formula is C46H29N3S. The van der Waals surface area contributed by atoms with E-state index in [9.17, 15) is 0 Å². The minimum absolute atomic E-state index is 0.652. The van der Waals surface area contributed by atoms with Crippen molar-refractivity contribution in [3.05, 3.63) is 163 Å². The molecule has 0 fully saturated rings. The fourth-order valence-electron chi connectivity index (χ4n) is 7.19. The second-order valence-electron chi connectivity index (χ2n) is 13.0. The maximum atomic E-state index is 5.24. The van der Waals surface area contributed by atoms with E-state index in [1.54, 1.807) is 0 Å². The molecule has 10 rings (SSSR count). The summed E-state index contributed by atoms with van der Waals surface area (Å²) >= 11 is 1.81. The van der Waals surface area contributed by atoms with Gasteiger partial charge in [0.05, 0.1) is 0 Å². The minimum atomic E-state index is 0.652. The number of rotatable bonds is 3. The highest BCUT2D eigenvalue weighted by Gasteiger charge is 2.14. The van der Waals surface area contributed by atoms with Crippen LogP contribution in [-0.2, 0) is 0 Å². The van der Waals surface area contributed by atoms with E-state index in [0.29, 0.717) is 17.1 Å². The van der Waals surface area contributed by atoms with Crippen molar-refractivity contribution >= 4 is 75.1 Å². The number of hydrogen-bond acceptors (Lipinski definition) is 4. The van der Waals surface area contributed by atoms with Crippen LogP contribution >= 0.6 is 11.3 Å².